The molecule has 148 valence electrons. The molecule has 0 fully saturated rings. The molecule has 0 aromatic carbocycles. The molecule has 0 saturated heterocycles. The zero-order valence-electron chi connectivity index (χ0n) is 16.2. The summed E-state index contributed by atoms with van der Waals surface area (Å²) in [5, 5.41) is 20.1. The Hall–Kier alpha value is -0.970. The number of nitro groups is 1. The summed E-state index contributed by atoms with van der Waals surface area (Å²) in [6.07, 6.45) is 17.9. The van der Waals surface area contributed by atoms with Gasteiger partial charge in [0.1, 0.15) is 4.92 Å². The minimum atomic E-state index is -0.862. The van der Waals surface area contributed by atoms with Gasteiger partial charge in [-0.15, -0.1) is 0 Å². The van der Waals surface area contributed by atoms with E-state index in [4.69, 9.17) is 0 Å². The Morgan fingerprint density at radius 2 is 1.20 bits per heavy atom. The van der Waals surface area contributed by atoms with E-state index in [1.54, 1.807) is 0 Å². The van der Waals surface area contributed by atoms with Crippen LogP contribution in [0.3, 0.4) is 0 Å². The summed E-state index contributed by atoms with van der Waals surface area (Å²) in [6, 6.07) is 0. The van der Waals surface area contributed by atoms with Gasteiger partial charge in [-0.3, -0.25) is 10.1 Å². The number of hydrogen-bond donors (Lipinski definition) is 1. The molecule has 0 aromatic heterocycles. The number of aliphatic hydroxyl groups excluding tert-OH is 1. The van der Waals surface area contributed by atoms with E-state index >= 15 is 0 Å². The highest BCUT2D eigenvalue weighted by Gasteiger charge is 2.12. The average molecular weight is 358 g/mol. The van der Waals surface area contributed by atoms with Crippen LogP contribution in [0.15, 0.2) is 0 Å². The number of carbonyl (C=O) groups is 1. The Balaban J connectivity index is 3.22. The first kappa shape index (κ1) is 24.0. The quantitative estimate of drug-likeness (QED) is 0.191. The standard InChI is InChI=1S/C20H39NO4/c1-2-3-4-5-10-13-16-19(22)17-14-11-8-6-7-9-12-15-18-20(23)21(24)25/h19,22H,2-18H2,1H3. The van der Waals surface area contributed by atoms with E-state index in [0.717, 1.165) is 44.9 Å². The predicted octanol–water partition coefficient (Wildman–Crippen LogP) is 5.80. The minimum Gasteiger partial charge on any atom is -0.393 e. The van der Waals surface area contributed by atoms with Crippen LogP contribution in [0.1, 0.15) is 116 Å². The molecule has 0 saturated carbocycles. The summed E-state index contributed by atoms with van der Waals surface area (Å²) in [4.78, 5) is 20.2. The zero-order valence-corrected chi connectivity index (χ0v) is 16.2. The topological polar surface area (TPSA) is 80.4 Å². The molecule has 0 rings (SSSR count). The maximum atomic E-state index is 10.8. The monoisotopic (exact) mass is 357 g/mol. The smallest absolute Gasteiger partial charge is 0.393 e. The molecular weight excluding hydrogens is 318 g/mol. The summed E-state index contributed by atoms with van der Waals surface area (Å²) in [6.45, 7) is 2.23. The van der Waals surface area contributed by atoms with Crippen molar-refractivity contribution in [1.29, 1.82) is 0 Å². The molecule has 1 amide bonds. The number of hydrogen-bond acceptors (Lipinski definition) is 4. The molecular formula is C20H39NO4. The van der Waals surface area contributed by atoms with E-state index in [2.05, 4.69) is 6.92 Å². The predicted molar refractivity (Wildman–Crippen MR) is 102 cm³/mol. The zero-order chi connectivity index (χ0) is 18.8. The van der Waals surface area contributed by atoms with Gasteiger partial charge < -0.3 is 5.11 Å². The Labute approximate surface area is 153 Å². The fraction of sp³-hybridized carbons (Fsp3) is 0.950. The molecule has 0 aliphatic rings. The highest BCUT2D eigenvalue weighted by Crippen LogP contribution is 2.14. The molecule has 25 heavy (non-hydrogen) atoms. The lowest BCUT2D eigenvalue weighted by Crippen LogP contribution is -2.10. The second-order valence-corrected chi connectivity index (χ2v) is 7.23. The van der Waals surface area contributed by atoms with Crippen LogP contribution in [0.2, 0.25) is 0 Å². The molecule has 1 atom stereocenters. The molecule has 0 aliphatic heterocycles. The summed E-state index contributed by atoms with van der Waals surface area (Å²) in [7, 11) is 0. The average Bonchev–Trinajstić information content (AvgIpc) is 2.59. The van der Waals surface area contributed by atoms with Crippen molar-refractivity contribution in [3.05, 3.63) is 10.1 Å². The third kappa shape index (κ3) is 17.6. The van der Waals surface area contributed by atoms with Crippen molar-refractivity contribution in [2.24, 2.45) is 0 Å². The summed E-state index contributed by atoms with van der Waals surface area (Å²) < 4.78 is 0. The SMILES string of the molecule is CCCCCCCCC(O)CCCCCCCCCCC(=O)[N+](=O)[O-]. The van der Waals surface area contributed by atoms with Crippen molar-refractivity contribution in [2.75, 3.05) is 0 Å². The minimum absolute atomic E-state index is 0.0729. The van der Waals surface area contributed by atoms with E-state index in [-0.39, 0.29) is 12.5 Å². The van der Waals surface area contributed by atoms with Crippen molar-refractivity contribution >= 4 is 5.91 Å². The van der Waals surface area contributed by atoms with Gasteiger partial charge in [0.2, 0.25) is 0 Å². The van der Waals surface area contributed by atoms with Crippen molar-refractivity contribution in [1.82, 2.24) is 0 Å². The van der Waals surface area contributed by atoms with Gasteiger partial charge in [0.15, 0.2) is 0 Å². The highest BCUT2D eigenvalue weighted by molar-refractivity contribution is 5.66. The van der Waals surface area contributed by atoms with Crippen molar-refractivity contribution in [2.45, 2.75) is 122 Å². The van der Waals surface area contributed by atoms with E-state index in [1.807, 2.05) is 0 Å². The van der Waals surface area contributed by atoms with Gasteiger partial charge in [-0.1, -0.05) is 90.4 Å². The molecule has 1 N–H and O–H groups in total. The van der Waals surface area contributed by atoms with Gasteiger partial charge in [0, 0.05) is 0 Å². The molecule has 0 spiro atoms. The van der Waals surface area contributed by atoms with Crippen LogP contribution in [-0.4, -0.2) is 22.0 Å². The number of aliphatic hydroxyl groups is 1. The Bertz CT molecular complexity index is 334. The molecule has 5 heteroatoms. The van der Waals surface area contributed by atoms with Gasteiger partial charge in [0.25, 0.3) is 0 Å². The lowest BCUT2D eigenvalue weighted by Gasteiger charge is -2.10. The lowest BCUT2D eigenvalue weighted by molar-refractivity contribution is -0.402. The van der Waals surface area contributed by atoms with Crippen molar-refractivity contribution in [3.8, 4) is 0 Å². The van der Waals surface area contributed by atoms with E-state index < -0.39 is 10.8 Å². The van der Waals surface area contributed by atoms with Gasteiger partial charge in [-0.2, -0.15) is 0 Å². The first-order valence-electron chi connectivity index (χ1n) is 10.4. The highest BCUT2D eigenvalue weighted by atomic mass is 16.6. The third-order valence-electron chi connectivity index (χ3n) is 4.77. The Morgan fingerprint density at radius 1 is 0.800 bits per heavy atom. The second kappa shape index (κ2) is 17.8. The first-order chi connectivity index (χ1) is 12.1. The van der Waals surface area contributed by atoms with Crippen LogP contribution < -0.4 is 0 Å². The van der Waals surface area contributed by atoms with Crippen LogP contribution in [0, 0.1) is 10.1 Å². The van der Waals surface area contributed by atoms with E-state index in [0.29, 0.717) is 6.42 Å². The molecule has 1 unspecified atom stereocenters. The molecule has 0 bridgehead atoms. The van der Waals surface area contributed by atoms with Crippen LogP contribution in [0.4, 0.5) is 0 Å². The summed E-state index contributed by atoms with van der Waals surface area (Å²) >= 11 is 0. The Morgan fingerprint density at radius 3 is 1.64 bits per heavy atom. The van der Waals surface area contributed by atoms with E-state index in [1.165, 1.54) is 51.4 Å². The maximum Gasteiger partial charge on any atom is 0.444 e. The van der Waals surface area contributed by atoms with Crippen LogP contribution >= 0.6 is 0 Å². The number of nitrogens with zero attached hydrogens (tertiary/aromatic N) is 1. The molecule has 5 nitrogen and oxygen atoms in total. The van der Waals surface area contributed by atoms with Crippen LogP contribution in [-0.2, 0) is 4.79 Å². The van der Waals surface area contributed by atoms with Gasteiger partial charge >= 0.3 is 5.91 Å². The number of amides is 1. The normalized spacial score (nSPS) is 12.2. The summed E-state index contributed by atoms with van der Waals surface area (Å²) in [5.41, 5.74) is 0. The lowest BCUT2D eigenvalue weighted by atomic mass is 10.0. The number of carbonyl (C=O) groups excluding carboxylic acids is 1. The van der Waals surface area contributed by atoms with Crippen LogP contribution in [0.5, 0.6) is 0 Å². The second-order valence-electron chi connectivity index (χ2n) is 7.23. The molecule has 0 aliphatic carbocycles. The van der Waals surface area contributed by atoms with Crippen molar-refractivity contribution in [3.63, 3.8) is 0 Å². The van der Waals surface area contributed by atoms with Gasteiger partial charge in [-0.05, 0) is 19.3 Å². The fourth-order valence-corrected chi connectivity index (χ4v) is 3.11. The largest absolute Gasteiger partial charge is 0.444 e. The van der Waals surface area contributed by atoms with Crippen molar-refractivity contribution < 1.29 is 14.8 Å². The Kier molecular flexibility index (Phi) is 17.1. The van der Waals surface area contributed by atoms with Gasteiger partial charge in [0.05, 0.1) is 12.5 Å². The van der Waals surface area contributed by atoms with E-state index in [9.17, 15) is 20.0 Å². The van der Waals surface area contributed by atoms with Crippen LogP contribution in [0.25, 0.3) is 0 Å². The molecule has 0 aromatic rings. The summed E-state index contributed by atoms with van der Waals surface area (Å²) in [5.74, 6) is -0.862. The van der Waals surface area contributed by atoms with Gasteiger partial charge in [-0.25, -0.2) is 4.79 Å². The maximum absolute atomic E-state index is 10.8. The number of rotatable bonds is 18. The third-order valence-corrected chi connectivity index (χ3v) is 4.77. The first-order valence-corrected chi connectivity index (χ1v) is 10.4. The molecule has 0 radical (unpaired) electrons. The molecule has 0 heterocycles. The number of unbranched alkanes of at least 4 members (excludes halogenated alkanes) is 12. The fourth-order valence-electron chi connectivity index (χ4n) is 3.11.